The van der Waals surface area contributed by atoms with Crippen molar-refractivity contribution in [2.75, 3.05) is 51.8 Å². The number of hydrogen-bond acceptors (Lipinski definition) is 5. The van der Waals surface area contributed by atoms with Crippen LogP contribution < -0.4 is 15.0 Å². The van der Waals surface area contributed by atoms with E-state index in [0.717, 1.165) is 43.6 Å². The summed E-state index contributed by atoms with van der Waals surface area (Å²) in [6, 6.07) is 8.08. The number of carbonyl (C=O) groups is 1. The fraction of sp³-hybridized carbons (Fsp3) is 0.579. The van der Waals surface area contributed by atoms with E-state index in [-0.39, 0.29) is 36.0 Å². The SMILES string of the molecule is CN=C(NCCC(=O)OC(C)C)N1CCN(c2ccccc2OC)CC1.I. The molecule has 1 aromatic carbocycles. The lowest BCUT2D eigenvalue weighted by Crippen LogP contribution is -2.52. The third-order valence-corrected chi connectivity index (χ3v) is 4.20. The van der Waals surface area contributed by atoms with E-state index in [1.165, 1.54) is 0 Å². The van der Waals surface area contributed by atoms with Gasteiger partial charge in [0.1, 0.15) is 5.75 Å². The quantitative estimate of drug-likeness (QED) is 0.286. The second-order valence-electron chi connectivity index (χ2n) is 6.41. The molecule has 0 atom stereocenters. The highest BCUT2D eigenvalue weighted by Gasteiger charge is 2.21. The summed E-state index contributed by atoms with van der Waals surface area (Å²) in [6.45, 7) is 7.71. The van der Waals surface area contributed by atoms with Gasteiger partial charge in [-0.05, 0) is 26.0 Å². The monoisotopic (exact) mass is 490 g/mol. The van der Waals surface area contributed by atoms with Gasteiger partial charge >= 0.3 is 5.97 Å². The number of halogens is 1. The molecule has 27 heavy (non-hydrogen) atoms. The lowest BCUT2D eigenvalue weighted by molar-refractivity contribution is -0.147. The Morgan fingerprint density at radius 3 is 2.48 bits per heavy atom. The van der Waals surface area contributed by atoms with Gasteiger partial charge in [-0.2, -0.15) is 0 Å². The van der Waals surface area contributed by atoms with E-state index < -0.39 is 0 Å². The molecule has 0 bridgehead atoms. The first-order valence-electron chi connectivity index (χ1n) is 9.08. The van der Waals surface area contributed by atoms with E-state index in [1.807, 2.05) is 32.0 Å². The van der Waals surface area contributed by atoms with Crippen molar-refractivity contribution in [3.63, 3.8) is 0 Å². The van der Waals surface area contributed by atoms with Gasteiger partial charge < -0.3 is 24.6 Å². The number of hydrogen-bond donors (Lipinski definition) is 1. The van der Waals surface area contributed by atoms with Crippen molar-refractivity contribution in [1.29, 1.82) is 0 Å². The Balaban J connectivity index is 0.00000364. The average Bonchev–Trinajstić information content (AvgIpc) is 2.65. The Kier molecular flexibility index (Phi) is 10.3. The molecule has 0 aliphatic carbocycles. The van der Waals surface area contributed by atoms with E-state index >= 15 is 0 Å². The second-order valence-corrected chi connectivity index (χ2v) is 6.41. The summed E-state index contributed by atoms with van der Waals surface area (Å²) >= 11 is 0. The molecule has 1 aliphatic rings. The average molecular weight is 490 g/mol. The number of benzene rings is 1. The molecule has 0 aromatic heterocycles. The number of para-hydroxylation sites is 2. The Bertz CT molecular complexity index is 617. The van der Waals surface area contributed by atoms with Gasteiger partial charge in [-0.1, -0.05) is 12.1 Å². The number of aliphatic imine (C=N–C) groups is 1. The summed E-state index contributed by atoms with van der Waals surface area (Å²) < 4.78 is 10.6. The molecule has 0 spiro atoms. The molecule has 152 valence electrons. The highest BCUT2D eigenvalue weighted by molar-refractivity contribution is 14.0. The Morgan fingerprint density at radius 2 is 1.89 bits per heavy atom. The standard InChI is InChI=1S/C19H30N4O3.HI/c1-15(2)26-18(24)9-10-21-19(20-3)23-13-11-22(12-14-23)16-7-5-6-8-17(16)25-4;/h5-8,15H,9-14H2,1-4H3,(H,20,21);1H. The van der Waals surface area contributed by atoms with Crippen LogP contribution in [0.5, 0.6) is 5.75 Å². The lowest BCUT2D eigenvalue weighted by atomic mass is 10.2. The fourth-order valence-electron chi connectivity index (χ4n) is 2.98. The first kappa shape index (κ1) is 23.3. The molecule has 1 aliphatic heterocycles. The highest BCUT2D eigenvalue weighted by Crippen LogP contribution is 2.28. The molecule has 8 heteroatoms. The summed E-state index contributed by atoms with van der Waals surface area (Å²) in [5.41, 5.74) is 1.12. The zero-order valence-electron chi connectivity index (χ0n) is 16.6. The summed E-state index contributed by atoms with van der Waals surface area (Å²) in [6.07, 6.45) is 0.253. The number of methoxy groups -OCH3 is 1. The largest absolute Gasteiger partial charge is 0.495 e. The van der Waals surface area contributed by atoms with Crippen LogP contribution in [0.2, 0.25) is 0 Å². The number of guanidine groups is 1. The first-order chi connectivity index (χ1) is 12.5. The van der Waals surface area contributed by atoms with Crippen molar-refractivity contribution in [3.05, 3.63) is 24.3 Å². The molecule has 1 saturated heterocycles. The number of piperazine rings is 1. The summed E-state index contributed by atoms with van der Waals surface area (Å²) in [4.78, 5) is 20.5. The van der Waals surface area contributed by atoms with Crippen LogP contribution in [0.1, 0.15) is 20.3 Å². The molecule has 1 N–H and O–H groups in total. The number of rotatable bonds is 6. The summed E-state index contributed by atoms with van der Waals surface area (Å²) in [5, 5.41) is 3.25. The van der Waals surface area contributed by atoms with E-state index in [4.69, 9.17) is 9.47 Å². The van der Waals surface area contributed by atoms with Crippen LogP contribution in [0.3, 0.4) is 0 Å². The Hall–Kier alpha value is -1.71. The molecular formula is C19H31IN4O3. The minimum atomic E-state index is -0.191. The lowest BCUT2D eigenvalue weighted by Gasteiger charge is -2.38. The second kappa shape index (κ2) is 11.9. The van der Waals surface area contributed by atoms with E-state index in [9.17, 15) is 4.79 Å². The molecule has 0 radical (unpaired) electrons. The molecule has 7 nitrogen and oxygen atoms in total. The van der Waals surface area contributed by atoms with Crippen molar-refractivity contribution >= 4 is 41.6 Å². The van der Waals surface area contributed by atoms with Gasteiger partial charge in [-0.3, -0.25) is 9.79 Å². The van der Waals surface area contributed by atoms with Gasteiger partial charge in [0.05, 0.1) is 25.3 Å². The smallest absolute Gasteiger partial charge is 0.307 e. The van der Waals surface area contributed by atoms with Crippen molar-refractivity contribution in [1.82, 2.24) is 10.2 Å². The maximum Gasteiger partial charge on any atom is 0.307 e. The normalized spacial score (nSPS) is 14.6. The molecular weight excluding hydrogens is 459 g/mol. The maximum atomic E-state index is 11.6. The molecule has 0 amide bonds. The molecule has 1 heterocycles. The van der Waals surface area contributed by atoms with Gasteiger partial charge in [0, 0.05) is 39.8 Å². The fourth-order valence-corrected chi connectivity index (χ4v) is 2.98. The number of ether oxygens (including phenoxy) is 2. The maximum absolute atomic E-state index is 11.6. The van der Waals surface area contributed by atoms with Gasteiger partial charge in [0.2, 0.25) is 0 Å². The predicted molar refractivity (Wildman–Crippen MR) is 119 cm³/mol. The van der Waals surface area contributed by atoms with Crippen LogP contribution in [0, 0.1) is 0 Å². The minimum absolute atomic E-state index is 0. The molecule has 2 rings (SSSR count). The third-order valence-electron chi connectivity index (χ3n) is 4.20. The zero-order valence-corrected chi connectivity index (χ0v) is 18.9. The van der Waals surface area contributed by atoms with Crippen molar-refractivity contribution < 1.29 is 14.3 Å². The topological polar surface area (TPSA) is 66.4 Å². The summed E-state index contributed by atoms with van der Waals surface area (Å²) in [7, 11) is 3.46. The van der Waals surface area contributed by atoms with Crippen molar-refractivity contribution in [2.45, 2.75) is 26.4 Å². The van der Waals surface area contributed by atoms with Gasteiger partial charge in [-0.15, -0.1) is 24.0 Å². The highest BCUT2D eigenvalue weighted by atomic mass is 127. The molecule has 0 saturated carbocycles. The molecule has 1 fully saturated rings. The summed E-state index contributed by atoms with van der Waals surface area (Å²) in [5.74, 6) is 1.53. The van der Waals surface area contributed by atoms with E-state index in [0.29, 0.717) is 13.0 Å². The van der Waals surface area contributed by atoms with Crippen LogP contribution in [-0.4, -0.2) is 69.8 Å². The number of nitrogens with one attached hydrogen (secondary N) is 1. The number of anilines is 1. The Labute approximate surface area is 179 Å². The van der Waals surface area contributed by atoms with Crippen LogP contribution in [0.4, 0.5) is 5.69 Å². The van der Waals surface area contributed by atoms with E-state index in [2.05, 4.69) is 26.2 Å². The Morgan fingerprint density at radius 1 is 1.22 bits per heavy atom. The number of esters is 1. The first-order valence-corrected chi connectivity index (χ1v) is 9.08. The predicted octanol–water partition coefficient (Wildman–Crippen LogP) is 2.35. The van der Waals surface area contributed by atoms with Crippen LogP contribution in [-0.2, 0) is 9.53 Å². The molecule has 1 aromatic rings. The zero-order chi connectivity index (χ0) is 18.9. The molecule has 0 unspecified atom stereocenters. The van der Waals surface area contributed by atoms with Crippen LogP contribution in [0.25, 0.3) is 0 Å². The number of carbonyl (C=O) groups excluding carboxylic acids is 1. The van der Waals surface area contributed by atoms with Crippen LogP contribution in [0.15, 0.2) is 29.3 Å². The number of nitrogens with zero attached hydrogens (tertiary/aromatic N) is 3. The van der Waals surface area contributed by atoms with Crippen molar-refractivity contribution in [3.8, 4) is 5.75 Å². The third kappa shape index (κ3) is 7.08. The van der Waals surface area contributed by atoms with Crippen molar-refractivity contribution in [2.24, 2.45) is 4.99 Å². The van der Waals surface area contributed by atoms with E-state index in [1.54, 1.807) is 14.2 Å². The van der Waals surface area contributed by atoms with Crippen LogP contribution >= 0.6 is 24.0 Å². The van der Waals surface area contributed by atoms with Gasteiger partial charge in [-0.25, -0.2) is 0 Å². The minimum Gasteiger partial charge on any atom is -0.495 e. The van der Waals surface area contributed by atoms with Gasteiger partial charge in [0.15, 0.2) is 5.96 Å². The van der Waals surface area contributed by atoms with Gasteiger partial charge in [0.25, 0.3) is 0 Å².